The zero-order valence-corrected chi connectivity index (χ0v) is 13.4. The fraction of sp³-hybridized carbons (Fsp3) is 0.533. The first-order valence-corrected chi connectivity index (χ1v) is 9.12. The van der Waals surface area contributed by atoms with Crippen LogP contribution in [-0.2, 0) is 21.2 Å². The molecule has 7 heteroatoms. The molecule has 1 amide bonds. The van der Waals surface area contributed by atoms with Crippen molar-refractivity contribution in [3.63, 3.8) is 0 Å². The second-order valence-corrected chi connectivity index (χ2v) is 7.09. The molecule has 3 N–H and O–H groups in total. The quantitative estimate of drug-likeness (QED) is 0.713. The van der Waals surface area contributed by atoms with Crippen molar-refractivity contribution in [3.8, 4) is 0 Å². The molecule has 0 aromatic heterocycles. The van der Waals surface area contributed by atoms with Gasteiger partial charge in [0, 0.05) is 26.1 Å². The van der Waals surface area contributed by atoms with Gasteiger partial charge in [-0.2, -0.15) is 0 Å². The Bertz CT molecular complexity index is 593. The van der Waals surface area contributed by atoms with Crippen molar-refractivity contribution in [2.45, 2.75) is 30.6 Å². The van der Waals surface area contributed by atoms with Crippen molar-refractivity contribution in [1.29, 1.82) is 0 Å². The Hall–Kier alpha value is -1.44. The predicted molar refractivity (Wildman–Crippen MR) is 84.8 cm³/mol. The van der Waals surface area contributed by atoms with Crippen molar-refractivity contribution in [3.05, 3.63) is 29.8 Å². The molecule has 2 rings (SSSR count). The third-order valence-corrected chi connectivity index (χ3v) is 4.75. The molecule has 0 atom stereocenters. The van der Waals surface area contributed by atoms with E-state index in [0.717, 1.165) is 44.5 Å². The lowest BCUT2D eigenvalue weighted by Crippen LogP contribution is -2.31. The summed E-state index contributed by atoms with van der Waals surface area (Å²) in [6, 6.07) is 6.55. The van der Waals surface area contributed by atoms with E-state index in [4.69, 9.17) is 5.14 Å². The molecule has 1 aliphatic heterocycles. The maximum Gasteiger partial charge on any atom is 0.238 e. The number of benzene rings is 1. The summed E-state index contributed by atoms with van der Waals surface area (Å²) in [5.74, 6) is 0.225. The second kappa shape index (κ2) is 7.71. The SMILES string of the molecule is NS(=O)(=O)c1ccc(CCNCCC(=O)N2CCCC2)cc1. The molecule has 1 aliphatic rings. The summed E-state index contributed by atoms with van der Waals surface area (Å²) >= 11 is 0. The number of nitrogens with one attached hydrogen (secondary N) is 1. The van der Waals surface area contributed by atoms with Crippen LogP contribution >= 0.6 is 0 Å². The number of primary sulfonamides is 1. The van der Waals surface area contributed by atoms with Crippen LogP contribution in [0.1, 0.15) is 24.8 Å². The molecule has 22 heavy (non-hydrogen) atoms. The minimum Gasteiger partial charge on any atom is -0.343 e. The standard InChI is InChI=1S/C15H23N3O3S/c16-22(20,21)14-5-3-13(4-6-14)7-9-17-10-8-15(19)18-11-1-2-12-18/h3-6,17H,1-2,7-12H2,(H2,16,20,21). The number of carbonyl (C=O) groups is 1. The molecule has 1 aromatic carbocycles. The van der Waals surface area contributed by atoms with Gasteiger partial charge in [-0.3, -0.25) is 4.79 Å². The van der Waals surface area contributed by atoms with Crippen LogP contribution in [-0.4, -0.2) is 45.4 Å². The van der Waals surface area contributed by atoms with Gasteiger partial charge in [-0.05, 0) is 43.5 Å². The average Bonchev–Trinajstić information content (AvgIpc) is 3.00. The highest BCUT2D eigenvalue weighted by molar-refractivity contribution is 7.89. The van der Waals surface area contributed by atoms with E-state index in [1.165, 1.54) is 12.1 Å². The lowest BCUT2D eigenvalue weighted by atomic mass is 10.1. The Morgan fingerprint density at radius 3 is 2.36 bits per heavy atom. The van der Waals surface area contributed by atoms with E-state index < -0.39 is 10.0 Å². The van der Waals surface area contributed by atoms with Crippen LogP contribution in [0.15, 0.2) is 29.2 Å². The summed E-state index contributed by atoms with van der Waals surface area (Å²) < 4.78 is 22.3. The molecule has 122 valence electrons. The first kappa shape index (κ1) is 16.9. The minimum atomic E-state index is -3.62. The van der Waals surface area contributed by atoms with E-state index >= 15 is 0 Å². The van der Waals surface area contributed by atoms with Crippen LogP contribution in [0, 0.1) is 0 Å². The molecule has 0 unspecified atom stereocenters. The monoisotopic (exact) mass is 325 g/mol. The van der Waals surface area contributed by atoms with Crippen molar-refractivity contribution in [1.82, 2.24) is 10.2 Å². The smallest absolute Gasteiger partial charge is 0.238 e. The maximum atomic E-state index is 11.8. The summed E-state index contributed by atoms with van der Waals surface area (Å²) in [4.78, 5) is 13.9. The molecular formula is C15H23N3O3S. The lowest BCUT2D eigenvalue weighted by molar-refractivity contribution is -0.130. The summed E-state index contributed by atoms with van der Waals surface area (Å²) in [5.41, 5.74) is 1.03. The Labute approximate surface area is 131 Å². The van der Waals surface area contributed by atoms with Gasteiger partial charge in [-0.1, -0.05) is 12.1 Å². The Morgan fingerprint density at radius 1 is 1.14 bits per heavy atom. The number of rotatable bonds is 7. The second-order valence-electron chi connectivity index (χ2n) is 5.53. The summed E-state index contributed by atoms with van der Waals surface area (Å²) in [6.07, 6.45) is 3.55. The van der Waals surface area contributed by atoms with E-state index in [9.17, 15) is 13.2 Å². The number of nitrogens with zero attached hydrogens (tertiary/aromatic N) is 1. The Morgan fingerprint density at radius 2 is 1.77 bits per heavy atom. The molecule has 1 heterocycles. The number of hydrogen-bond donors (Lipinski definition) is 2. The van der Waals surface area contributed by atoms with Crippen LogP contribution in [0.2, 0.25) is 0 Å². The molecular weight excluding hydrogens is 302 g/mol. The fourth-order valence-electron chi connectivity index (χ4n) is 2.52. The normalized spacial score (nSPS) is 15.2. The number of sulfonamides is 1. The minimum absolute atomic E-state index is 0.125. The van der Waals surface area contributed by atoms with Crippen LogP contribution in [0.3, 0.4) is 0 Å². The molecule has 0 radical (unpaired) electrons. The fourth-order valence-corrected chi connectivity index (χ4v) is 3.04. The lowest BCUT2D eigenvalue weighted by Gasteiger charge is -2.15. The third-order valence-electron chi connectivity index (χ3n) is 3.82. The van der Waals surface area contributed by atoms with E-state index in [2.05, 4.69) is 5.32 Å². The molecule has 0 bridgehead atoms. The van der Waals surface area contributed by atoms with Crippen LogP contribution in [0.4, 0.5) is 0 Å². The highest BCUT2D eigenvalue weighted by Crippen LogP contribution is 2.09. The van der Waals surface area contributed by atoms with Gasteiger partial charge in [0.05, 0.1) is 4.90 Å². The Kier molecular flexibility index (Phi) is 5.93. The largest absolute Gasteiger partial charge is 0.343 e. The number of nitrogens with two attached hydrogens (primary N) is 1. The molecule has 0 aliphatic carbocycles. The maximum absolute atomic E-state index is 11.8. The average molecular weight is 325 g/mol. The van der Waals surface area contributed by atoms with E-state index in [1.54, 1.807) is 12.1 Å². The summed E-state index contributed by atoms with van der Waals surface area (Å²) in [6.45, 7) is 3.22. The molecule has 6 nitrogen and oxygen atoms in total. The van der Waals surface area contributed by atoms with Gasteiger partial charge in [0.15, 0.2) is 0 Å². The highest BCUT2D eigenvalue weighted by atomic mass is 32.2. The number of carbonyl (C=O) groups excluding carboxylic acids is 1. The van der Waals surface area contributed by atoms with Gasteiger partial charge in [0.2, 0.25) is 15.9 Å². The van der Waals surface area contributed by atoms with E-state index in [-0.39, 0.29) is 10.8 Å². The van der Waals surface area contributed by atoms with Crippen molar-refractivity contribution in [2.24, 2.45) is 5.14 Å². The zero-order chi connectivity index (χ0) is 16.0. The molecule has 1 aromatic rings. The molecule has 0 saturated carbocycles. The van der Waals surface area contributed by atoms with Gasteiger partial charge in [-0.25, -0.2) is 13.6 Å². The molecule has 1 saturated heterocycles. The summed E-state index contributed by atoms with van der Waals surface area (Å²) in [5, 5.41) is 8.29. The number of hydrogen-bond acceptors (Lipinski definition) is 4. The molecule has 1 fully saturated rings. The van der Waals surface area contributed by atoms with Gasteiger partial charge in [0.25, 0.3) is 0 Å². The first-order valence-electron chi connectivity index (χ1n) is 7.57. The van der Waals surface area contributed by atoms with Crippen LogP contribution in [0.25, 0.3) is 0 Å². The third kappa shape index (κ3) is 5.08. The van der Waals surface area contributed by atoms with Crippen molar-refractivity contribution < 1.29 is 13.2 Å². The topological polar surface area (TPSA) is 92.5 Å². The summed E-state index contributed by atoms with van der Waals surface area (Å²) in [7, 11) is -3.62. The van der Waals surface area contributed by atoms with Crippen LogP contribution < -0.4 is 10.5 Å². The zero-order valence-electron chi connectivity index (χ0n) is 12.6. The van der Waals surface area contributed by atoms with E-state index in [0.29, 0.717) is 13.0 Å². The Balaban J connectivity index is 1.65. The molecule has 0 spiro atoms. The van der Waals surface area contributed by atoms with Crippen molar-refractivity contribution in [2.75, 3.05) is 26.2 Å². The van der Waals surface area contributed by atoms with Gasteiger partial charge < -0.3 is 10.2 Å². The first-order chi connectivity index (χ1) is 10.5. The predicted octanol–water partition coefficient (Wildman–Crippen LogP) is 0.479. The highest BCUT2D eigenvalue weighted by Gasteiger charge is 2.16. The number of amides is 1. The van der Waals surface area contributed by atoms with Crippen LogP contribution in [0.5, 0.6) is 0 Å². The van der Waals surface area contributed by atoms with Gasteiger partial charge in [-0.15, -0.1) is 0 Å². The van der Waals surface area contributed by atoms with Gasteiger partial charge >= 0.3 is 0 Å². The van der Waals surface area contributed by atoms with Crippen molar-refractivity contribution >= 4 is 15.9 Å². The van der Waals surface area contributed by atoms with E-state index in [1.807, 2.05) is 4.90 Å². The number of likely N-dealkylation sites (tertiary alicyclic amines) is 1. The van der Waals surface area contributed by atoms with Gasteiger partial charge in [0.1, 0.15) is 0 Å².